The van der Waals surface area contributed by atoms with Crippen LogP contribution >= 0.6 is 0 Å². The Morgan fingerprint density at radius 2 is 1.95 bits per heavy atom. The summed E-state index contributed by atoms with van der Waals surface area (Å²) in [6.45, 7) is 2.17. The number of aromatic nitrogens is 2. The molecule has 0 spiro atoms. The van der Waals surface area contributed by atoms with Crippen molar-refractivity contribution in [2.45, 2.75) is 44.0 Å². The fraction of sp³-hybridized carbons (Fsp3) is 0.667. The number of aromatic amines is 1. The first kappa shape index (κ1) is 15.9. The van der Waals surface area contributed by atoms with Crippen molar-refractivity contribution in [3.8, 4) is 0 Å². The smallest absolute Gasteiger partial charge is 0.330 e. The molecule has 0 unspecified atom stereocenters. The van der Waals surface area contributed by atoms with E-state index in [9.17, 15) is 24.9 Å². The monoisotopic (exact) mass is 302 g/mol. The van der Waals surface area contributed by atoms with Gasteiger partial charge in [-0.3, -0.25) is 14.3 Å². The van der Waals surface area contributed by atoms with E-state index < -0.39 is 48.0 Å². The maximum Gasteiger partial charge on any atom is 0.330 e. The van der Waals surface area contributed by atoms with E-state index in [0.717, 1.165) is 10.6 Å². The average Bonchev–Trinajstić information content (AvgIpc) is 2.64. The molecule has 0 bridgehead atoms. The molecular weight excluding hydrogens is 284 g/mol. The Labute approximate surface area is 119 Å². The van der Waals surface area contributed by atoms with E-state index in [1.165, 1.54) is 13.8 Å². The third kappa shape index (κ3) is 2.78. The topological polar surface area (TPSA) is 145 Å². The Balaban J connectivity index is 2.60. The largest absolute Gasteiger partial charge is 0.394 e. The van der Waals surface area contributed by atoms with E-state index in [0.29, 0.717) is 0 Å². The maximum absolute atomic E-state index is 12.0. The zero-order valence-corrected chi connectivity index (χ0v) is 11.6. The molecule has 9 heteroatoms. The van der Waals surface area contributed by atoms with Gasteiger partial charge in [0.1, 0.15) is 18.3 Å². The van der Waals surface area contributed by atoms with Crippen LogP contribution in [-0.4, -0.2) is 54.9 Å². The number of nitrogens with one attached hydrogen (secondary N) is 1. The van der Waals surface area contributed by atoms with Gasteiger partial charge in [-0.2, -0.15) is 0 Å². The van der Waals surface area contributed by atoms with Crippen molar-refractivity contribution in [1.29, 1.82) is 0 Å². The molecule has 0 saturated carbocycles. The molecule has 0 radical (unpaired) electrons. The Bertz CT molecular complexity index is 630. The first-order valence-electron chi connectivity index (χ1n) is 6.38. The summed E-state index contributed by atoms with van der Waals surface area (Å²) in [7, 11) is 0. The van der Waals surface area contributed by atoms with Gasteiger partial charge in [-0.05, 0) is 13.8 Å². The van der Waals surface area contributed by atoms with Crippen LogP contribution in [-0.2, 0) is 10.3 Å². The minimum absolute atomic E-state index is 0.0777. The van der Waals surface area contributed by atoms with Crippen molar-refractivity contribution >= 4 is 0 Å². The number of rotatable bonds is 3. The second-order valence-electron chi connectivity index (χ2n) is 5.48. The number of ether oxygens (including phenoxy) is 1. The highest BCUT2D eigenvalue weighted by Crippen LogP contribution is 2.31. The van der Waals surface area contributed by atoms with Crippen molar-refractivity contribution in [2.75, 3.05) is 6.61 Å². The van der Waals surface area contributed by atoms with Gasteiger partial charge in [0.15, 0.2) is 6.23 Å². The van der Waals surface area contributed by atoms with Gasteiger partial charge in [-0.25, -0.2) is 4.79 Å². The molecule has 1 aliphatic heterocycles. The lowest BCUT2D eigenvalue weighted by molar-refractivity contribution is -0.0624. The van der Waals surface area contributed by atoms with E-state index in [1.807, 2.05) is 4.98 Å². The Hall–Kier alpha value is -1.52. The number of aliphatic hydroxyl groups is 4. The molecule has 1 aromatic rings. The number of hydrogen-bond acceptors (Lipinski definition) is 7. The number of hydrogen-bond donors (Lipinski definition) is 5. The fourth-order valence-electron chi connectivity index (χ4n) is 2.32. The lowest BCUT2D eigenvalue weighted by Gasteiger charge is -2.26. The molecule has 118 valence electrons. The Morgan fingerprint density at radius 3 is 2.43 bits per heavy atom. The zero-order chi connectivity index (χ0) is 15.9. The van der Waals surface area contributed by atoms with Crippen LogP contribution in [0, 0.1) is 0 Å². The second kappa shape index (κ2) is 5.35. The van der Waals surface area contributed by atoms with E-state index in [2.05, 4.69) is 0 Å². The van der Waals surface area contributed by atoms with Gasteiger partial charge >= 0.3 is 5.69 Å². The molecule has 0 aromatic carbocycles. The molecule has 21 heavy (non-hydrogen) atoms. The van der Waals surface area contributed by atoms with Gasteiger partial charge in [0.05, 0.1) is 17.9 Å². The highest BCUT2D eigenvalue weighted by atomic mass is 16.6. The molecule has 2 heterocycles. The Kier molecular flexibility index (Phi) is 4.04. The normalized spacial score (nSPS) is 29.8. The summed E-state index contributed by atoms with van der Waals surface area (Å²) < 4.78 is 6.12. The summed E-state index contributed by atoms with van der Waals surface area (Å²) in [4.78, 5) is 25.4. The van der Waals surface area contributed by atoms with Crippen LogP contribution in [0.5, 0.6) is 0 Å². The molecule has 1 saturated heterocycles. The molecule has 4 atom stereocenters. The van der Waals surface area contributed by atoms with Crippen LogP contribution in [0.1, 0.15) is 25.8 Å². The van der Waals surface area contributed by atoms with E-state index in [4.69, 9.17) is 9.84 Å². The van der Waals surface area contributed by atoms with E-state index in [1.54, 1.807) is 0 Å². The maximum atomic E-state index is 12.0. The van der Waals surface area contributed by atoms with Gasteiger partial charge in [0.25, 0.3) is 5.56 Å². The van der Waals surface area contributed by atoms with Gasteiger partial charge in [-0.15, -0.1) is 0 Å². The summed E-state index contributed by atoms with van der Waals surface area (Å²) >= 11 is 0. The predicted octanol–water partition coefficient (Wildman–Crippen LogP) is -2.62. The van der Waals surface area contributed by atoms with Crippen LogP contribution in [0.15, 0.2) is 15.7 Å². The summed E-state index contributed by atoms with van der Waals surface area (Å²) in [6, 6.07) is 1.01. The molecule has 1 aliphatic rings. The minimum atomic E-state index is -1.56. The molecular formula is C12H18N2O7. The average molecular weight is 302 g/mol. The van der Waals surface area contributed by atoms with Crippen molar-refractivity contribution in [1.82, 2.24) is 9.55 Å². The number of aliphatic hydroxyl groups excluding tert-OH is 3. The van der Waals surface area contributed by atoms with Gasteiger partial charge in [0.2, 0.25) is 0 Å². The van der Waals surface area contributed by atoms with Crippen LogP contribution in [0.4, 0.5) is 0 Å². The number of nitrogens with zero attached hydrogens (tertiary/aromatic N) is 1. The first-order chi connectivity index (χ1) is 9.66. The minimum Gasteiger partial charge on any atom is -0.394 e. The molecule has 0 aliphatic carbocycles. The lowest BCUT2D eigenvalue weighted by Crippen LogP contribution is -2.42. The van der Waals surface area contributed by atoms with E-state index >= 15 is 0 Å². The van der Waals surface area contributed by atoms with Crippen molar-refractivity contribution in [3.05, 3.63) is 32.6 Å². The second-order valence-corrected chi connectivity index (χ2v) is 5.48. The van der Waals surface area contributed by atoms with Gasteiger partial charge < -0.3 is 25.2 Å². The van der Waals surface area contributed by atoms with Gasteiger partial charge in [0, 0.05) is 6.07 Å². The fourth-order valence-corrected chi connectivity index (χ4v) is 2.32. The summed E-state index contributed by atoms with van der Waals surface area (Å²) in [6.07, 6.45) is -5.29. The predicted molar refractivity (Wildman–Crippen MR) is 69.6 cm³/mol. The Morgan fingerprint density at radius 1 is 1.33 bits per heavy atom. The summed E-state index contributed by atoms with van der Waals surface area (Å²) in [5, 5.41) is 38.9. The molecule has 0 amide bonds. The van der Waals surface area contributed by atoms with Crippen LogP contribution in [0.3, 0.4) is 0 Å². The van der Waals surface area contributed by atoms with Crippen LogP contribution in [0.25, 0.3) is 0 Å². The lowest BCUT2D eigenvalue weighted by atomic mass is 10.0. The summed E-state index contributed by atoms with van der Waals surface area (Å²) in [5.41, 5.74) is -3.24. The van der Waals surface area contributed by atoms with Crippen LogP contribution in [0.2, 0.25) is 0 Å². The zero-order valence-electron chi connectivity index (χ0n) is 11.6. The molecule has 2 rings (SSSR count). The van der Waals surface area contributed by atoms with Crippen LogP contribution < -0.4 is 11.2 Å². The molecule has 5 N–H and O–H groups in total. The highest BCUT2D eigenvalue weighted by Gasteiger charge is 2.45. The first-order valence-corrected chi connectivity index (χ1v) is 6.38. The van der Waals surface area contributed by atoms with Crippen molar-refractivity contribution in [3.63, 3.8) is 0 Å². The molecule has 1 fully saturated rings. The van der Waals surface area contributed by atoms with E-state index in [-0.39, 0.29) is 5.69 Å². The van der Waals surface area contributed by atoms with Crippen molar-refractivity contribution in [2.24, 2.45) is 0 Å². The SMILES string of the molecule is CC(C)(O)c1cc(=O)[nH]c(=O)n1[C@@H]1O[C@H](CO)[C@@H](O)[C@H]1O. The van der Waals surface area contributed by atoms with Gasteiger partial charge in [-0.1, -0.05) is 0 Å². The highest BCUT2D eigenvalue weighted by molar-refractivity contribution is 5.11. The van der Waals surface area contributed by atoms with Crippen molar-refractivity contribution < 1.29 is 25.2 Å². The molecule has 9 nitrogen and oxygen atoms in total. The third-order valence-corrected chi connectivity index (χ3v) is 3.37. The number of H-pyrrole nitrogens is 1. The third-order valence-electron chi connectivity index (χ3n) is 3.37. The quantitative estimate of drug-likeness (QED) is 0.411. The molecule has 1 aromatic heterocycles. The summed E-state index contributed by atoms with van der Waals surface area (Å²) in [5.74, 6) is 0. The standard InChI is InChI=1S/C12H18N2O7/c1-12(2,20)6-3-7(16)13-11(19)14(6)10-9(18)8(17)5(4-15)21-10/h3,5,8-10,15,17-18,20H,4H2,1-2H3,(H,13,16,19)/t5-,8-,9-,10-/m1/s1.